The molecule has 3 aliphatic rings. The van der Waals surface area contributed by atoms with Crippen LogP contribution in [0.3, 0.4) is 0 Å². The summed E-state index contributed by atoms with van der Waals surface area (Å²) in [5, 5.41) is 3.88. The van der Waals surface area contributed by atoms with E-state index in [2.05, 4.69) is 12.2 Å². The van der Waals surface area contributed by atoms with E-state index in [1.54, 1.807) is 0 Å². The molecule has 1 heterocycles. The van der Waals surface area contributed by atoms with Crippen molar-refractivity contribution in [3.63, 3.8) is 0 Å². The van der Waals surface area contributed by atoms with Crippen LogP contribution in [0.15, 0.2) is 0 Å². The maximum atomic E-state index is 5.80. The van der Waals surface area contributed by atoms with Gasteiger partial charge in [-0.1, -0.05) is 19.3 Å². The van der Waals surface area contributed by atoms with Crippen molar-refractivity contribution in [3.05, 3.63) is 0 Å². The molecule has 0 aromatic heterocycles. The van der Waals surface area contributed by atoms with Crippen molar-refractivity contribution in [1.82, 2.24) is 5.32 Å². The van der Waals surface area contributed by atoms with Crippen LogP contribution in [0.2, 0.25) is 0 Å². The van der Waals surface area contributed by atoms with E-state index in [1.807, 2.05) is 0 Å². The fourth-order valence-electron chi connectivity index (χ4n) is 4.15. The zero-order valence-corrected chi connectivity index (χ0v) is 12.3. The average Bonchev–Trinajstić information content (AvgIpc) is 2.91. The first-order chi connectivity index (χ1) is 9.27. The second-order valence-corrected chi connectivity index (χ2v) is 6.74. The SMILES string of the molecule is CC(NC1CCC2(CC1)OCCO2)C1CCCCC1. The molecular weight excluding hydrogens is 238 g/mol. The molecule has 0 aromatic rings. The summed E-state index contributed by atoms with van der Waals surface area (Å²) < 4.78 is 11.6. The molecule has 2 saturated carbocycles. The van der Waals surface area contributed by atoms with Gasteiger partial charge in [0, 0.05) is 24.9 Å². The minimum absolute atomic E-state index is 0.202. The van der Waals surface area contributed by atoms with E-state index in [0.717, 1.165) is 32.0 Å². The van der Waals surface area contributed by atoms with Gasteiger partial charge in [-0.15, -0.1) is 0 Å². The molecular formula is C16H29NO2. The number of ether oxygens (including phenoxy) is 2. The van der Waals surface area contributed by atoms with Gasteiger partial charge in [0.2, 0.25) is 0 Å². The van der Waals surface area contributed by atoms with Crippen molar-refractivity contribution in [2.45, 2.75) is 82.6 Å². The molecule has 3 heteroatoms. The Morgan fingerprint density at radius 2 is 1.58 bits per heavy atom. The molecule has 2 aliphatic carbocycles. The van der Waals surface area contributed by atoms with Crippen LogP contribution in [-0.4, -0.2) is 31.1 Å². The zero-order chi connectivity index (χ0) is 13.1. The molecule has 0 aromatic carbocycles. The van der Waals surface area contributed by atoms with Crippen LogP contribution in [0, 0.1) is 5.92 Å². The zero-order valence-electron chi connectivity index (χ0n) is 12.3. The standard InChI is InChI=1S/C16H29NO2/c1-13(14-5-3-2-4-6-14)17-15-7-9-16(10-8-15)18-11-12-19-16/h13-15,17H,2-12H2,1H3. The molecule has 1 unspecified atom stereocenters. The van der Waals surface area contributed by atoms with Gasteiger partial charge in [0.05, 0.1) is 13.2 Å². The monoisotopic (exact) mass is 267 g/mol. The molecule has 1 saturated heterocycles. The van der Waals surface area contributed by atoms with Crippen molar-refractivity contribution < 1.29 is 9.47 Å². The first-order valence-electron chi connectivity index (χ1n) is 8.31. The van der Waals surface area contributed by atoms with Gasteiger partial charge in [-0.3, -0.25) is 0 Å². The van der Waals surface area contributed by atoms with Gasteiger partial charge in [-0.2, -0.15) is 0 Å². The van der Waals surface area contributed by atoms with E-state index in [1.165, 1.54) is 44.9 Å². The first kappa shape index (κ1) is 13.8. The molecule has 0 amide bonds. The highest BCUT2D eigenvalue weighted by molar-refractivity contribution is 4.88. The lowest BCUT2D eigenvalue weighted by atomic mass is 9.83. The van der Waals surface area contributed by atoms with E-state index in [0.29, 0.717) is 12.1 Å². The second-order valence-electron chi connectivity index (χ2n) is 6.74. The van der Waals surface area contributed by atoms with E-state index in [4.69, 9.17) is 9.47 Å². The first-order valence-corrected chi connectivity index (χ1v) is 8.31. The summed E-state index contributed by atoms with van der Waals surface area (Å²) in [5.41, 5.74) is 0. The summed E-state index contributed by atoms with van der Waals surface area (Å²) in [6.45, 7) is 3.97. The van der Waals surface area contributed by atoms with E-state index < -0.39 is 0 Å². The minimum Gasteiger partial charge on any atom is -0.348 e. The predicted octanol–water partition coefficient (Wildman–Crippen LogP) is 3.23. The third-order valence-electron chi connectivity index (χ3n) is 5.42. The predicted molar refractivity (Wildman–Crippen MR) is 76.1 cm³/mol. The molecule has 0 bridgehead atoms. The summed E-state index contributed by atoms with van der Waals surface area (Å²) in [4.78, 5) is 0. The summed E-state index contributed by atoms with van der Waals surface area (Å²) >= 11 is 0. The molecule has 1 aliphatic heterocycles. The van der Waals surface area contributed by atoms with Crippen LogP contribution in [-0.2, 0) is 9.47 Å². The Balaban J connectivity index is 1.43. The van der Waals surface area contributed by atoms with Gasteiger partial charge in [-0.05, 0) is 38.5 Å². The van der Waals surface area contributed by atoms with Crippen molar-refractivity contribution in [3.8, 4) is 0 Å². The van der Waals surface area contributed by atoms with E-state index in [-0.39, 0.29) is 5.79 Å². The maximum absolute atomic E-state index is 5.80. The molecule has 1 atom stereocenters. The molecule has 110 valence electrons. The van der Waals surface area contributed by atoms with Gasteiger partial charge in [-0.25, -0.2) is 0 Å². The Morgan fingerprint density at radius 1 is 0.947 bits per heavy atom. The summed E-state index contributed by atoms with van der Waals surface area (Å²) in [6, 6.07) is 1.36. The quantitative estimate of drug-likeness (QED) is 0.851. The molecule has 3 nitrogen and oxygen atoms in total. The van der Waals surface area contributed by atoms with E-state index >= 15 is 0 Å². The van der Waals surface area contributed by atoms with Crippen molar-refractivity contribution in [2.75, 3.05) is 13.2 Å². The van der Waals surface area contributed by atoms with Gasteiger partial charge in [0.15, 0.2) is 5.79 Å². The van der Waals surface area contributed by atoms with Crippen molar-refractivity contribution >= 4 is 0 Å². The number of nitrogens with one attached hydrogen (secondary N) is 1. The number of hydrogen-bond donors (Lipinski definition) is 1. The Kier molecular flexibility index (Phi) is 4.45. The Hall–Kier alpha value is -0.120. The smallest absolute Gasteiger partial charge is 0.168 e. The van der Waals surface area contributed by atoms with Crippen LogP contribution in [0.5, 0.6) is 0 Å². The lowest BCUT2D eigenvalue weighted by molar-refractivity contribution is -0.179. The van der Waals surface area contributed by atoms with Crippen LogP contribution in [0.4, 0.5) is 0 Å². The Morgan fingerprint density at radius 3 is 2.21 bits per heavy atom. The lowest BCUT2D eigenvalue weighted by Gasteiger charge is -2.38. The fraction of sp³-hybridized carbons (Fsp3) is 1.00. The van der Waals surface area contributed by atoms with Crippen LogP contribution in [0.25, 0.3) is 0 Å². The maximum Gasteiger partial charge on any atom is 0.168 e. The van der Waals surface area contributed by atoms with Gasteiger partial charge >= 0.3 is 0 Å². The molecule has 0 radical (unpaired) electrons. The minimum atomic E-state index is -0.202. The molecule has 3 fully saturated rings. The fourth-order valence-corrected chi connectivity index (χ4v) is 4.15. The lowest BCUT2D eigenvalue weighted by Crippen LogP contribution is -2.47. The van der Waals surface area contributed by atoms with Crippen molar-refractivity contribution in [2.24, 2.45) is 5.92 Å². The van der Waals surface area contributed by atoms with Gasteiger partial charge in [0.25, 0.3) is 0 Å². The molecule has 1 spiro atoms. The molecule has 19 heavy (non-hydrogen) atoms. The van der Waals surface area contributed by atoms with Crippen LogP contribution < -0.4 is 5.32 Å². The molecule has 3 rings (SSSR count). The highest BCUT2D eigenvalue weighted by atomic mass is 16.7. The van der Waals surface area contributed by atoms with E-state index in [9.17, 15) is 0 Å². The molecule has 1 N–H and O–H groups in total. The third-order valence-corrected chi connectivity index (χ3v) is 5.42. The average molecular weight is 267 g/mol. The summed E-state index contributed by atoms with van der Waals surface area (Å²) in [7, 11) is 0. The summed E-state index contributed by atoms with van der Waals surface area (Å²) in [5.74, 6) is 0.704. The van der Waals surface area contributed by atoms with Crippen molar-refractivity contribution in [1.29, 1.82) is 0 Å². The van der Waals surface area contributed by atoms with Crippen LogP contribution >= 0.6 is 0 Å². The second kappa shape index (κ2) is 6.11. The van der Waals surface area contributed by atoms with Gasteiger partial charge in [0.1, 0.15) is 0 Å². The largest absolute Gasteiger partial charge is 0.348 e. The number of rotatable bonds is 3. The summed E-state index contributed by atoms with van der Waals surface area (Å²) in [6.07, 6.45) is 11.7. The Labute approximate surface area is 117 Å². The normalized spacial score (nSPS) is 30.8. The highest BCUT2D eigenvalue weighted by Gasteiger charge is 2.40. The Bertz CT molecular complexity index is 272. The topological polar surface area (TPSA) is 30.5 Å². The number of hydrogen-bond acceptors (Lipinski definition) is 3. The van der Waals surface area contributed by atoms with Gasteiger partial charge < -0.3 is 14.8 Å². The van der Waals surface area contributed by atoms with Crippen LogP contribution in [0.1, 0.15) is 64.7 Å². The third kappa shape index (κ3) is 3.32. The highest BCUT2D eigenvalue weighted by Crippen LogP contribution is 2.36.